The van der Waals surface area contributed by atoms with Crippen LogP contribution in [0.4, 0.5) is 0 Å². The summed E-state index contributed by atoms with van der Waals surface area (Å²) in [4.78, 5) is 17.2. The Labute approximate surface area is 116 Å². The molecule has 0 radical (unpaired) electrons. The third-order valence-corrected chi connectivity index (χ3v) is 5.09. The number of nitrogens with zero attached hydrogens (tertiary/aromatic N) is 2. The van der Waals surface area contributed by atoms with E-state index in [2.05, 4.69) is 42.9 Å². The maximum absolute atomic E-state index is 12.6. The lowest BCUT2D eigenvalue weighted by atomic mass is 10.1. The Morgan fingerprint density at radius 2 is 2.00 bits per heavy atom. The summed E-state index contributed by atoms with van der Waals surface area (Å²) in [6, 6.07) is 1.21. The summed E-state index contributed by atoms with van der Waals surface area (Å²) in [7, 11) is 2.20. The first-order valence-electron chi connectivity index (χ1n) is 7.75. The van der Waals surface area contributed by atoms with Crippen molar-refractivity contribution in [3.8, 4) is 0 Å². The number of nitrogens with one attached hydrogen (secondary N) is 1. The highest BCUT2D eigenvalue weighted by atomic mass is 16.2. The van der Waals surface area contributed by atoms with Gasteiger partial charge in [-0.25, -0.2) is 0 Å². The molecule has 1 N–H and O–H groups in total. The molecule has 4 nitrogen and oxygen atoms in total. The molecular weight excluding hydrogens is 238 g/mol. The number of carbonyl (C=O) groups excluding carboxylic acids is 1. The Hall–Kier alpha value is -0.610. The average Bonchev–Trinajstić information content (AvgIpc) is 3.24. The number of hydrogen-bond acceptors (Lipinski definition) is 3. The first-order valence-corrected chi connectivity index (χ1v) is 7.75. The van der Waals surface area contributed by atoms with Gasteiger partial charge in [-0.2, -0.15) is 0 Å². The minimum absolute atomic E-state index is 0.174. The predicted molar refractivity (Wildman–Crippen MR) is 75.7 cm³/mol. The smallest absolute Gasteiger partial charge is 0.244 e. The van der Waals surface area contributed by atoms with Crippen LogP contribution in [-0.2, 0) is 4.79 Å². The van der Waals surface area contributed by atoms with E-state index < -0.39 is 0 Å². The second kappa shape index (κ2) is 4.45. The summed E-state index contributed by atoms with van der Waals surface area (Å²) in [6.45, 7) is 7.52. The molecule has 2 atom stereocenters. The molecule has 1 spiro atoms. The molecule has 3 fully saturated rings. The van der Waals surface area contributed by atoms with Gasteiger partial charge in [0, 0.05) is 18.6 Å². The maximum atomic E-state index is 12.6. The molecule has 0 aromatic heterocycles. The van der Waals surface area contributed by atoms with E-state index in [1.54, 1.807) is 0 Å². The van der Waals surface area contributed by atoms with Crippen molar-refractivity contribution in [2.24, 2.45) is 5.92 Å². The van der Waals surface area contributed by atoms with E-state index in [1.165, 1.54) is 12.8 Å². The molecule has 1 aliphatic heterocycles. The molecule has 1 saturated heterocycles. The van der Waals surface area contributed by atoms with E-state index in [1.807, 2.05) is 0 Å². The molecule has 19 heavy (non-hydrogen) atoms. The van der Waals surface area contributed by atoms with Crippen LogP contribution in [0.25, 0.3) is 0 Å². The van der Waals surface area contributed by atoms with Gasteiger partial charge in [0.25, 0.3) is 0 Å². The van der Waals surface area contributed by atoms with E-state index in [4.69, 9.17) is 0 Å². The number of likely N-dealkylation sites (N-methyl/N-ethyl adjacent to an activating group) is 1. The first kappa shape index (κ1) is 13.4. The molecule has 2 unspecified atom stereocenters. The summed E-state index contributed by atoms with van der Waals surface area (Å²) in [5.41, 5.74) is -0.174. The Kier molecular flexibility index (Phi) is 3.13. The quantitative estimate of drug-likeness (QED) is 0.816. The van der Waals surface area contributed by atoms with Crippen LogP contribution in [0, 0.1) is 5.92 Å². The highest BCUT2D eigenvalue weighted by Crippen LogP contribution is 2.43. The van der Waals surface area contributed by atoms with Crippen LogP contribution in [-0.4, -0.2) is 53.1 Å². The van der Waals surface area contributed by atoms with Crippen molar-refractivity contribution in [1.82, 2.24) is 15.1 Å². The molecule has 0 aromatic carbocycles. The minimum Gasteiger partial charge on any atom is -0.324 e. The lowest BCUT2D eigenvalue weighted by Crippen LogP contribution is -2.48. The van der Waals surface area contributed by atoms with Gasteiger partial charge >= 0.3 is 0 Å². The van der Waals surface area contributed by atoms with Gasteiger partial charge in [-0.3, -0.25) is 15.0 Å². The number of rotatable bonds is 5. The highest BCUT2D eigenvalue weighted by molar-refractivity contribution is 5.91. The van der Waals surface area contributed by atoms with Crippen molar-refractivity contribution < 1.29 is 4.79 Å². The fourth-order valence-electron chi connectivity index (χ4n) is 3.29. The molecule has 4 heteroatoms. The zero-order chi connectivity index (χ0) is 13.8. The summed E-state index contributed by atoms with van der Waals surface area (Å²) in [5.74, 6) is 0.824. The summed E-state index contributed by atoms with van der Waals surface area (Å²) in [6.07, 6.45) is 4.93. The molecule has 2 saturated carbocycles. The van der Waals surface area contributed by atoms with E-state index in [-0.39, 0.29) is 11.7 Å². The second-order valence-corrected chi connectivity index (χ2v) is 7.12. The molecule has 2 aliphatic carbocycles. The van der Waals surface area contributed by atoms with Crippen LogP contribution in [0.1, 0.15) is 46.5 Å². The van der Waals surface area contributed by atoms with Crippen molar-refractivity contribution in [2.45, 2.75) is 70.2 Å². The van der Waals surface area contributed by atoms with Crippen LogP contribution in [0.2, 0.25) is 0 Å². The number of amides is 1. The van der Waals surface area contributed by atoms with Gasteiger partial charge in [0.05, 0.1) is 11.7 Å². The largest absolute Gasteiger partial charge is 0.324 e. The molecule has 108 valence electrons. The molecule has 1 amide bonds. The van der Waals surface area contributed by atoms with Crippen LogP contribution in [0.15, 0.2) is 0 Å². The Balaban J connectivity index is 1.68. The van der Waals surface area contributed by atoms with E-state index in [0.717, 1.165) is 25.4 Å². The highest BCUT2D eigenvalue weighted by Gasteiger charge is 2.59. The minimum atomic E-state index is -0.174. The predicted octanol–water partition coefficient (Wildman–Crippen LogP) is 1.42. The van der Waals surface area contributed by atoms with Crippen molar-refractivity contribution >= 4 is 5.91 Å². The topological polar surface area (TPSA) is 35.6 Å². The lowest BCUT2D eigenvalue weighted by molar-refractivity contribution is -0.132. The standard InChI is InChI=1S/C15H27N3O/c1-10(2)13-16-15(7-8-15)14(19)18(13)9-11(3)17(4)12-5-6-12/h10-13,16H,5-9H2,1-4H3. The van der Waals surface area contributed by atoms with Gasteiger partial charge in [-0.15, -0.1) is 0 Å². The lowest BCUT2D eigenvalue weighted by Gasteiger charge is -2.33. The van der Waals surface area contributed by atoms with Gasteiger partial charge in [0.15, 0.2) is 0 Å². The molecule has 3 rings (SSSR count). The van der Waals surface area contributed by atoms with Gasteiger partial charge < -0.3 is 4.90 Å². The molecule has 1 heterocycles. The van der Waals surface area contributed by atoms with E-state index in [9.17, 15) is 4.79 Å². The van der Waals surface area contributed by atoms with Crippen LogP contribution in [0.5, 0.6) is 0 Å². The van der Waals surface area contributed by atoms with E-state index in [0.29, 0.717) is 17.9 Å². The number of carbonyl (C=O) groups is 1. The van der Waals surface area contributed by atoms with Crippen molar-refractivity contribution in [3.63, 3.8) is 0 Å². The first-order chi connectivity index (χ1) is 8.94. The Morgan fingerprint density at radius 3 is 2.47 bits per heavy atom. The van der Waals surface area contributed by atoms with Crippen molar-refractivity contribution in [2.75, 3.05) is 13.6 Å². The van der Waals surface area contributed by atoms with E-state index >= 15 is 0 Å². The Bertz CT molecular complexity index is 374. The molecule has 3 aliphatic rings. The summed E-state index contributed by atoms with van der Waals surface area (Å²) in [5, 5.41) is 3.59. The third kappa shape index (κ3) is 2.29. The summed E-state index contributed by atoms with van der Waals surface area (Å²) < 4.78 is 0. The average molecular weight is 265 g/mol. The molecule has 0 aromatic rings. The fourth-order valence-corrected chi connectivity index (χ4v) is 3.29. The van der Waals surface area contributed by atoms with Gasteiger partial charge in [0.1, 0.15) is 0 Å². The summed E-state index contributed by atoms with van der Waals surface area (Å²) >= 11 is 0. The van der Waals surface area contributed by atoms with Gasteiger partial charge in [0.2, 0.25) is 5.91 Å². The molecular formula is C15H27N3O. The van der Waals surface area contributed by atoms with Crippen LogP contribution >= 0.6 is 0 Å². The second-order valence-electron chi connectivity index (χ2n) is 7.12. The zero-order valence-corrected chi connectivity index (χ0v) is 12.6. The van der Waals surface area contributed by atoms with Gasteiger partial charge in [-0.1, -0.05) is 13.8 Å². The van der Waals surface area contributed by atoms with Gasteiger partial charge in [-0.05, 0) is 45.6 Å². The normalized spacial score (nSPS) is 30.7. The zero-order valence-electron chi connectivity index (χ0n) is 12.6. The fraction of sp³-hybridized carbons (Fsp3) is 0.933. The van der Waals surface area contributed by atoms with Crippen LogP contribution < -0.4 is 5.32 Å². The third-order valence-electron chi connectivity index (χ3n) is 5.09. The SMILES string of the molecule is CC(C)C1NC2(CC2)C(=O)N1CC(C)N(C)C1CC1. The monoisotopic (exact) mass is 265 g/mol. The van der Waals surface area contributed by atoms with Crippen molar-refractivity contribution in [1.29, 1.82) is 0 Å². The number of hydrogen-bond donors (Lipinski definition) is 1. The molecule has 0 bridgehead atoms. The Morgan fingerprint density at radius 1 is 1.37 bits per heavy atom. The van der Waals surface area contributed by atoms with Crippen molar-refractivity contribution in [3.05, 3.63) is 0 Å². The van der Waals surface area contributed by atoms with Crippen LogP contribution in [0.3, 0.4) is 0 Å². The maximum Gasteiger partial charge on any atom is 0.244 e.